The number of carbonyl (C=O) groups is 1. The van der Waals surface area contributed by atoms with Gasteiger partial charge in [0.05, 0.1) is 24.2 Å². The minimum absolute atomic E-state index is 0.169. The van der Waals surface area contributed by atoms with Crippen molar-refractivity contribution < 1.29 is 13.9 Å². The summed E-state index contributed by atoms with van der Waals surface area (Å²) in [6.45, 7) is 5.59. The number of nitrogens with one attached hydrogen (secondary N) is 3. The Hall–Kier alpha value is -3.60. The Balaban J connectivity index is 1.29. The maximum atomic E-state index is 13.1. The van der Waals surface area contributed by atoms with Crippen LogP contribution in [0.1, 0.15) is 49.6 Å². The zero-order valence-corrected chi connectivity index (χ0v) is 19.6. The number of H-pyrrole nitrogens is 1. The molecule has 3 aliphatic rings. The maximum absolute atomic E-state index is 13.1. The standard InChI is InChI=1S/C24H27FN8O2/c1-13(2)16-8-20(32-31-16)29-21-15-9-24(12-35-24)10-17(15)28-23(30-21)33-7-3-4-18(33)22(34)27-14-5-6-19(25)26-11-14/h5-6,8,11,13,18H,3-4,7,9-10,12H2,1-2H3,(H,27,34)(H2,28,29,30,31,32)/t18?,24-/m1/s1. The van der Waals surface area contributed by atoms with Crippen LogP contribution < -0.4 is 15.5 Å². The molecular formula is C24H27FN8O2. The average Bonchev–Trinajstić information content (AvgIpc) is 3.21. The maximum Gasteiger partial charge on any atom is 0.247 e. The Labute approximate surface area is 201 Å². The fourth-order valence-corrected chi connectivity index (χ4v) is 4.85. The van der Waals surface area contributed by atoms with E-state index in [0.29, 0.717) is 42.2 Å². The monoisotopic (exact) mass is 478 g/mol. The van der Waals surface area contributed by atoms with E-state index in [1.165, 1.54) is 18.3 Å². The highest BCUT2D eigenvalue weighted by Crippen LogP contribution is 2.44. The van der Waals surface area contributed by atoms with Crippen LogP contribution in [0.25, 0.3) is 0 Å². The third-order valence-corrected chi connectivity index (χ3v) is 6.90. The second kappa shape index (κ2) is 8.26. The fraction of sp³-hybridized carbons (Fsp3) is 0.458. The van der Waals surface area contributed by atoms with Gasteiger partial charge in [0, 0.05) is 36.7 Å². The van der Waals surface area contributed by atoms with Crippen LogP contribution >= 0.6 is 0 Å². The molecule has 3 aromatic rings. The second-order valence-electron chi connectivity index (χ2n) is 9.82. The Morgan fingerprint density at radius 1 is 1.31 bits per heavy atom. The smallest absolute Gasteiger partial charge is 0.247 e. The molecule has 0 aromatic carbocycles. The summed E-state index contributed by atoms with van der Waals surface area (Å²) in [4.78, 5) is 28.4. The molecule has 1 aliphatic carbocycles. The van der Waals surface area contributed by atoms with E-state index in [-0.39, 0.29) is 11.5 Å². The molecule has 3 N–H and O–H groups in total. The van der Waals surface area contributed by atoms with Crippen molar-refractivity contribution in [3.63, 3.8) is 0 Å². The number of rotatable bonds is 6. The van der Waals surface area contributed by atoms with Crippen LogP contribution in [-0.2, 0) is 22.4 Å². The van der Waals surface area contributed by atoms with E-state index in [4.69, 9.17) is 14.7 Å². The lowest BCUT2D eigenvalue weighted by Crippen LogP contribution is -2.40. The van der Waals surface area contributed by atoms with Gasteiger partial charge in [0.2, 0.25) is 17.8 Å². The van der Waals surface area contributed by atoms with Gasteiger partial charge in [-0.15, -0.1) is 0 Å². The highest BCUT2D eigenvalue weighted by atomic mass is 19.1. The van der Waals surface area contributed by atoms with Gasteiger partial charge in [0.25, 0.3) is 0 Å². The Morgan fingerprint density at radius 3 is 2.89 bits per heavy atom. The molecule has 10 nitrogen and oxygen atoms in total. The number of nitrogens with zero attached hydrogens (tertiary/aromatic N) is 5. The van der Waals surface area contributed by atoms with E-state index in [2.05, 4.69) is 39.7 Å². The molecule has 182 valence electrons. The number of epoxide rings is 1. The molecule has 2 atom stereocenters. The van der Waals surface area contributed by atoms with E-state index >= 15 is 0 Å². The van der Waals surface area contributed by atoms with Gasteiger partial charge >= 0.3 is 0 Å². The van der Waals surface area contributed by atoms with Gasteiger partial charge in [-0.2, -0.15) is 14.5 Å². The quantitative estimate of drug-likeness (QED) is 0.365. The normalized spacial score (nSPS) is 22.6. The van der Waals surface area contributed by atoms with Crippen molar-refractivity contribution in [2.45, 2.75) is 57.1 Å². The summed E-state index contributed by atoms with van der Waals surface area (Å²) in [6.07, 6.45) is 4.32. The first-order chi connectivity index (χ1) is 16.9. The molecule has 11 heteroatoms. The molecule has 2 fully saturated rings. The van der Waals surface area contributed by atoms with Gasteiger partial charge in [-0.05, 0) is 30.9 Å². The number of amides is 1. The van der Waals surface area contributed by atoms with Crippen molar-refractivity contribution >= 4 is 29.2 Å². The van der Waals surface area contributed by atoms with Crippen LogP contribution in [0.4, 0.5) is 27.7 Å². The fourth-order valence-electron chi connectivity index (χ4n) is 4.85. The van der Waals surface area contributed by atoms with Crippen LogP contribution in [-0.4, -0.2) is 55.9 Å². The molecule has 1 amide bonds. The van der Waals surface area contributed by atoms with E-state index in [1.54, 1.807) is 0 Å². The summed E-state index contributed by atoms with van der Waals surface area (Å²) in [7, 11) is 0. The number of hydrogen-bond donors (Lipinski definition) is 3. The predicted octanol–water partition coefficient (Wildman–Crippen LogP) is 3.08. The topological polar surface area (TPSA) is 124 Å². The van der Waals surface area contributed by atoms with Gasteiger partial charge in [-0.25, -0.2) is 9.97 Å². The number of halogens is 1. The number of aromatic nitrogens is 5. The summed E-state index contributed by atoms with van der Waals surface area (Å²) < 4.78 is 18.9. The average molecular weight is 479 g/mol. The Kier molecular flexibility index (Phi) is 5.17. The number of hydrogen-bond acceptors (Lipinski definition) is 8. The first-order valence-electron chi connectivity index (χ1n) is 11.9. The molecule has 35 heavy (non-hydrogen) atoms. The van der Waals surface area contributed by atoms with Crippen LogP contribution in [0.15, 0.2) is 24.4 Å². The first-order valence-corrected chi connectivity index (χ1v) is 11.9. The van der Waals surface area contributed by atoms with E-state index in [1.807, 2.05) is 11.0 Å². The Morgan fingerprint density at radius 2 is 2.17 bits per heavy atom. The van der Waals surface area contributed by atoms with Crippen molar-refractivity contribution in [2.24, 2.45) is 0 Å². The van der Waals surface area contributed by atoms with Gasteiger partial charge < -0.3 is 20.3 Å². The van der Waals surface area contributed by atoms with Gasteiger partial charge in [-0.1, -0.05) is 13.8 Å². The highest BCUT2D eigenvalue weighted by Gasteiger charge is 2.51. The third kappa shape index (κ3) is 4.20. The van der Waals surface area contributed by atoms with E-state index in [9.17, 15) is 9.18 Å². The summed E-state index contributed by atoms with van der Waals surface area (Å²) in [5.41, 5.74) is 3.30. The van der Waals surface area contributed by atoms with E-state index in [0.717, 1.165) is 42.8 Å². The minimum Gasteiger partial charge on any atom is -0.369 e. The second-order valence-corrected chi connectivity index (χ2v) is 9.82. The highest BCUT2D eigenvalue weighted by molar-refractivity contribution is 5.96. The molecule has 2 aliphatic heterocycles. The van der Waals surface area contributed by atoms with Crippen molar-refractivity contribution in [3.8, 4) is 0 Å². The molecule has 1 unspecified atom stereocenters. The van der Waals surface area contributed by atoms with Gasteiger partial charge in [0.15, 0.2) is 5.82 Å². The van der Waals surface area contributed by atoms with Crippen molar-refractivity contribution in [1.82, 2.24) is 25.1 Å². The minimum atomic E-state index is -0.591. The lowest BCUT2D eigenvalue weighted by Gasteiger charge is -2.25. The number of fused-ring (bicyclic) bond motifs is 1. The first kappa shape index (κ1) is 21.9. The van der Waals surface area contributed by atoms with Crippen LogP contribution in [0, 0.1) is 5.95 Å². The van der Waals surface area contributed by atoms with Crippen molar-refractivity contribution in [1.29, 1.82) is 0 Å². The van der Waals surface area contributed by atoms with Crippen LogP contribution in [0.2, 0.25) is 0 Å². The Bertz CT molecular complexity index is 1270. The summed E-state index contributed by atoms with van der Waals surface area (Å²) in [5, 5.41) is 13.7. The molecule has 0 bridgehead atoms. The molecule has 6 rings (SSSR count). The number of ether oxygens (including phenoxy) is 1. The third-order valence-electron chi connectivity index (χ3n) is 6.90. The summed E-state index contributed by atoms with van der Waals surface area (Å²) in [5.74, 6) is 1.45. The lowest BCUT2D eigenvalue weighted by atomic mass is 10.1. The molecule has 0 saturated carbocycles. The summed E-state index contributed by atoms with van der Waals surface area (Å²) >= 11 is 0. The van der Waals surface area contributed by atoms with E-state index < -0.39 is 12.0 Å². The molecular weight excluding hydrogens is 451 g/mol. The van der Waals surface area contributed by atoms with Crippen molar-refractivity contribution in [3.05, 3.63) is 47.3 Å². The van der Waals surface area contributed by atoms with Gasteiger partial charge in [-0.3, -0.25) is 9.89 Å². The summed E-state index contributed by atoms with van der Waals surface area (Å²) in [6, 6.07) is 4.27. The van der Waals surface area contributed by atoms with Crippen LogP contribution in [0.3, 0.4) is 0 Å². The SMILES string of the molecule is CC(C)c1cc(Nc2nc(N3CCCC3C(=O)Nc3ccc(F)nc3)nc3c2C[C@]2(CO2)C3)n[nH]1. The molecule has 3 aromatic heterocycles. The predicted molar refractivity (Wildman–Crippen MR) is 127 cm³/mol. The zero-order valence-electron chi connectivity index (χ0n) is 19.6. The molecule has 2 saturated heterocycles. The number of anilines is 4. The lowest BCUT2D eigenvalue weighted by molar-refractivity contribution is -0.117. The zero-order chi connectivity index (χ0) is 24.2. The number of carbonyl (C=O) groups excluding carboxylic acids is 1. The number of aromatic amines is 1. The number of pyridine rings is 1. The molecule has 1 spiro atoms. The van der Waals surface area contributed by atoms with Crippen LogP contribution in [0.5, 0.6) is 0 Å². The largest absolute Gasteiger partial charge is 0.369 e. The molecule has 5 heterocycles. The van der Waals surface area contributed by atoms with Crippen molar-refractivity contribution in [2.75, 3.05) is 28.7 Å². The molecule has 0 radical (unpaired) electrons. The van der Waals surface area contributed by atoms with Gasteiger partial charge in [0.1, 0.15) is 17.5 Å².